The van der Waals surface area contributed by atoms with Crippen molar-refractivity contribution in [2.45, 2.75) is 12.8 Å². The molecule has 0 unspecified atom stereocenters. The van der Waals surface area contributed by atoms with Crippen LogP contribution in [0.1, 0.15) is 28.9 Å². The van der Waals surface area contributed by atoms with Gasteiger partial charge in [0, 0.05) is 25.0 Å². The molecule has 0 spiro atoms. The van der Waals surface area contributed by atoms with Gasteiger partial charge in [-0.15, -0.1) is 0 Å². The summed E-state index contributed by atoms with van der Waals surface area (Å²) in [7, 11) is 0. The lowest BCUT2D eigenvalue weighted by Crippen LogP contribution is -2.49. The Balaban J connectivity index is 1.68. The molecule has 33 heavy (non-hydrogen) atoms. The molecule has 1 aliphatic rings. The zero-order valence-electron chi connectivity index (χ0n) is 17.7. The average Bonchev–Trinajstić information content (AvgIpc) is 2.80. The number of nitrogens with one attached hydrogen (secondary N) is 3. The lowest BCUT2D eigenvalue weighted by molar-refractivity contribution is 0.0967. The normalized spacial score (nSPS) is 15.2. The van der Waals surface area contributed by atoms with Crippen molar-refractivity contribution in [1.82, 2.24) is 25.5 Å². The molecule has 1 aliphatic heterocycles. The van der Waals surface area contributed by atoms with Gasteiger partial charge in [-0.3, -0.25) is 15.5 Å². The van der Waals surface area contributed by atoms with Crippen LogP contribution in [-0.4, -0.2) is 57.6 Å². The van der Waals surface area contributed by atoms with Crippen molar-refractivity contribution in [2.24, 2.45) is 5.41 Å². The number of nitrogen functional groups attached to an aromatic ring is 2. The molecule has 1 aromatic heterocycles. The predicted octanol–water partition coefficient (Wildman–Crippen LogP) is 2.02. The van der Waals surface area contributed by atoms with Crippen molar-refractivity contribution in [3.8, 4) is 0 Å². The monoisotopic (exact) mass is 472 g/mol. The largest absolute Gasteiger partial charge is 0.465 e. The van der Waals surface area contributed by atoms with Crippen LogP contribution >= 0.6 is 11.6 Å². The molecule has 1 aromatic carbocycles. The second-order valence-electron chi connectivity index (χ2n) is 7.69. The van der Waals surface area contributed by atoms with Crippen LogP contribution in [0.4, 0.5) is 16.4 Å². The number of guanidine groups is 1. The fraction of sp³-hybridized carbons (Fsp3) is 0.286. The molecule has 0 saturated carbocycles. The fourth-order valence-electron chi connectivity index (χ4n) is 3.47. The van der Waals surface area contributed by atoms with Crippen LogP contribution in [0, 0.1) is 10.8 Å². The molecule has 12 heteroatoms. The summed E-state index contributed by atoms with van der Waals surface area (Å²) in [6.45, 7) is 1.05. The third-order valence-corrected chi connectivity index (χ3v) is 5.71. The smallest absolute Gasteiger partial charge is 0.407 e. The average molecular weight is 473 g/mol. The minimum Gasteiger partial charge on any atom is -0.465 e. The van der Waals surface area contributed by atoms with E-state index in [9.17, 15) is 14.7 Å². The van der Waals surface area contributed by atoms with Crippen LogP contribution < -0.4 is 22.1 Å². The highest BCUT2D eigenvalue weighted by molar-refractivity contribution is 6.31. The summed E-state index contributed by atoms with van der Waals surface area (Å²) in [5, 5.41) is 22.5. The van der Waals surface area contributed by atoms with Gasteiger partial charge >= 0.3 is 6.09 Å². The molecule has 0 atom stereocenters. The van der Waals surface area contributed by atoms with E-state index in [0.29, 0.717) is 32.5 Å². The van der Waals surface area contributed by atoms with Crippen LogP contribution in [0.25, 0.3) is 6.08 Å². The third-order valence-electron chi connectivity index (χ3n) is 5.43. The first-order valence-corrected chi connectivity index (χ1v) is 10.5. The Morgan fingerprint density at radius 3 is 2.48 bits per heavy atom. The van der Waals surface area contributed by atoms with Crippen molar-refractivity contribution in [1.29, 1.82) is 5.41 Å². The lowest BCUT2D eigenvalue weighted by Gasteiger charge is -2.39. The summed E-state index contributed by atoms with van der Waals surface area (Å²) < 4.78 is 0. The van der Waals surface area contributed by atoms with Crippen molar-refractivity contribution in [2.75, 3.05) is 31.1 Å². The summed E-state index contributed by atoms with van der Waals surface area (Å²) >= 11 is 5.81. The Kier molecular flexibility index (Phi) is 7.34. The highest BCUT2D eigenvalue weighted by Crippen LogP contribution is 2.33. The number of hydrogen-bond acceptors (Lipinski definition) is 7. The summed E-state index contributed by atoms with van der Waals surface area (Å²) in [5.41, 5.74) is 11.6. The number of likely N-dealkylation sites (tertiary alicyclic amines) is 1. The fourth-order valence-corrected chi connectivity index (χ4v) is 3.60. The highest BCUT2D eigenvalue weighted by Gasteiger charge is 2.34. The van der Waals surface area contributed by atoms with Crippen molar-refractivity contribution < 1.29 is 14.7 Å². The zero-order chi connectivity index (χ0) is 24.0. The summed E-state index contributed by atoms with van der Waals surface area (Å²) in [5.74, 6) is -1.32. The molecule has 8 N–H and O–H groups in total. The SMILES string of the molecule is N=C(NCC1(C=Cc2ccccc2)CCN(C(=O)O)CC1)NC(=O)c1nc(Cl)c(N)nc1N. The van der Waals surface area contributed by atoms with E-state index in [1.54, 1.807) is 0 Å². The van der Waals surface area contributed by atoms with Crippen LogP contribution in [0.5, 0.6) is 0 Å². The van der Waals surface area contributed by atoms with E-state index in [1.165, 1.54) is 4.90 Å². The topological polar surface area (TPSA) is 183 Å². The molecule has 1 fully saturated rings. The number of nitrogens with zero attached hydrogens (tertiary/aromatic N) is 3. The van der Waals surface area contributed by atoms with Crippen LogP contribution in [0.3, 0.4) is 0 Å². The number of anilines is 2. The molecule has 11 nitrogen and oxygen atoms in total. The standard InChI is InChI=1S/C21H25ClN8O3/c22-15-17(24)28-16(23)14(27-15)18(31)29-19(25)26-12-21(7-6-13-4-2-1-3-5-13)8-10-30(11-9-21)20(32)33/h1-7H,8-12H2,(H,32,33)(H4,23,24,28)(H3,25,26,29,31). The zero-order valence-corrected chi connectivity index (χ0v) is 18.5. The second-order valence-corrected chi connectivity index (χ2v) is 8.05. The van der Waals surface area contributed by atoms with Gasteiger partial charge in [0.2, 0.25) is 0 Å². The third kappa shape index (κ3) is 6.10. The summed E-state index contributed by atoms with van der Waals surface area (Å²) in [6, 6.07) is 9.72. The number of hydrogen-bond donors (Lipinski definition) is 6. The predicted molar refractivity (Wildman–Crippen MR) is 126 cm³/mol. The van der Waals surface area contributed by atoms with Crippen LogP contribution in [0.15, 0.2) is 36.4 Å². The number of rotatable bonds is 5. The molecular weight excluding hydrogens is 448 g/mol. The molecule has 2 aromatic rings. The Morgan fingerprint density at radius 1 is 1.18 bits per heavy atom. The maximum atomic E-state index is 12.4. The van der Waals surface area contributed by atoms with Gasteiger partial charge in [0.05, 0.1) is 0 Å². The highest BCUT2D eigenvalue weighted by atomic mass is 35.5. The van der Waals surface area contributed by atoms with E-state index < -0.39 is 17.4 Å². The van der Waals surface area contributed by atoms with E-state index >= 15 is 0 Å². The number of halogens is 1. The van der Waals surface area contributed by atoms with Crippen LogP contribution in [-0.2, 0) is 0 Å². The minimum absolute atomic E-state index is 0.0984. The van der Waals surface area contributed by atoms with Gasteiger partial charge in [0.1, 0.15) is 0 Å². The molecule has 174 valence electrons. The number of carbonyl (C=O) groups excluding carboxylic acids is 1. The second kappa shape index (κ2) is 10.2. The molecule has 3 rings (SSSR count). The van der Waals surface area contributed by atoms with Gasteiger partial charge in [-0.25, -0.2) is 14.8 Å². The Morgan fingerprint density at radius 2 is 1.85 bits per heavy atom. The van der Waals surface area contributed by atoms with E-state index in [4.69, 9.17) is 28.5 Å². The lowest BCUT2D eigenvalue weighted by atomic mass is 9.77. The number of amides is 2. The Labute approximate surface area is 195 Å². The number of aromatic nitrogens is 2. The number of nitrogens with two attached hydrogens (primary N) is 2. The molecule has 0 bridgehead atoms. The van der Waals surface area contributed by atoms with Gasteiger partial charge in [-0.2, -0.15) is 0 Å². The van der Waals surface area contributed by atoms with E-state index in [0.717, 1.165) is 5.56 Å². The van der Waals surface area contributed by atoms with Gasteiger partial charge in [-0.05, 0) is 18.4 Å². The Hall–Kier alpha value is -3.86. The van der Waals surface area contributed by atoms with E-state index in [-0.39, 0.29) is 28.4 Å². The molecule has 0 radical (unpaired) electrons. The number of carbonyl (C=O) groups is 2. The maximum absolute atomic E-state index is 12.4. The van der Waals surface area contributed by atoms with Crippen molar-refractivity contribution in [3.05, 3.63) is 52.8 Å². The number of carboxylic acid groups (broad SMARTS) is 1. The van der Waals surface area contributed by atoms with Gasteiger partial charge in [0.25, 0.3) is 5.91 Å². The summed E-state index contributed by atoms with van der Waals surface area (Å²) in [6.07, 6.45) is 4.18. The molecular formula is C21H25ClN8O3. The number of piperidine rings is 1. The van der Waals surface area contributed by atoms with E-state index in [1.807, 2.05) is 42.5 Å². The number of benzene rings is 1. The summed E-state index contributed by atoms with van der Waals surface area (Å²) in [4.78, 5) is 32.7. The van der Waals surface area contributed by atoms with Crippen LogP contribution in [0.2, 0.25) is 5.15 Å². The molecule has 2 amide bonds. The molecule has 0 aliphatic carbocycles. The van der Waals surface area contributed by atoms with Crippen molar-refractivity contribution >= 4 is 47.3 Å². The Bertz CT molecular complexity index is 1070. The van der Waals surface area contributed by atoms with E-state index in [2.05, 4.69) is 20.6 Å². The maximum Gasteiger partial charge on any atom is 0.407 e. The first-order valence-electron chi connectivity index (χ1n) is 10.1. The first kappa shape index (κ1) is 23.8. The van der Waals surface area contributed by atoms with Gasteiger partial charge in [-0.1, -0.05) is 54.1 Å². The quantitative estimate of drug-likeness (QED) is 0.282. The molecule has 1 saturated heterocycles. The molecule has 2 heterocycles. The first-order chi connectivity index (χ1) is 15.7. The van der Waals surface area contributed by atoms with Gasteiger partial charge < -0.3 is 26.8 Å². The van der Waals surface area contributed by atoms with Gasteiger partial charge in [0.15, 0.2) is 28.4 Å². The minimum atomic E-state index is -0.954. The van der Waals surface area contributed by atoms with Crippen molar-refractivity contribution in [3.63, 3.8) is 0 Å².